The average Bonchev–Trinajstić information content (AvgIpc) is 2.59. The van der Waals surface area contributed by atoms with Crippen molar-refractivity contribution in [1.82, 2.24) is 0 Å². The summed E-state index contributed by atoms with van der Waals surface area (Å²) in [5.41, 5.74) is 0.615. The van der Waals surface area contributed by atoms with Crippen LogP contribution in [0.1, 0.15) is 5.56 Å². The number of amides is 1. The Hall–Kier alpha value is -3.40. The van der Waals surface area contributed by atoms with Gasteiger partial charge >= 0.3 is 5.97 Å². The maximum atomic E-state index is 13.3. The first-order valence-corrected chi connectivity index (χ1v) is 6.92. The van der Waals surface area contributed by atoms with E-state index in [0.29, 0.717) is 11.3 Å². The molecule has 0 unspecified atom stereocenters. The van der Waals surface area contributed by atoms with Crippen molar-refractivity contribution in [1.29, 1.82) is 5.26 Å². The molecule has 0 atom stereocenters. The number of ether oxygens (including phenoxy) is 2. The maximum Gasteiger partial charge on any atom is 0.344 e. The minimum absolute atomic E-state index is 0.0816. The Bertz CT molecular complexity index is 786. The predicted molar refractivity (Wildman–Crippen MR) is 82.6 cm³/mol. The molecule has 0 aliphatic heterocycles. The molecule has 7 heteroatoms. The van der Waals surface area contributed by atoms with Crippen molar-refractivity contribution in [2.75, 3.05) is 18.5 Å². The van der Waals surface area contributed by atoms with Crippen molar-refractivity contribution in [3.05, 3.63) is 59.9 Å². The Morgan fingerprint density at radius 2 is 1.79 bits per heavy atom. The minimum Gasteiger partial charge on any atom is -0.479 e. The van der Waals surface area contributed by atoms with E-state index in [0.717, 1.165) is 0 Å². The summed E-state index contributed by atoms with van der Waals surface area (Å²) in [7, 11) is 0. The summed E-state index contributed by atoms with van der Waals surface area (Å²) in [5.74, 6) is -2.10. The van der Waals surface area contributed by atoms with Gasteiger partial charge in [-0.3, -0.25) is 4.79 Å². The van der Waals surface area contributed by atoms with Gasteiger partial charge in [0.1, 0.15) is 6.07 Å². The van der Waals surface area contributed by atoms with Gasteiger partial charge in [-0.1, -0.05) is 24.3 Å². The number of para-hydroxylation sites is 2. The maximum absolute atomic E-state index is 13.3. The quantitative estimate of drug-likeness (QED) is 0.822. The summed E-state index contributed by atoms with van der Waals surface area (Å²) in [6, 6.07) is 14.0. The Morgan fingerprint density at radius 3 is 2.54 bits per heavy atom. The zero-order valence-corrected chi connectivity index (χ0v) is 12.5. The van der Waals surface area contributed by atoms with Crippen molar-refractivity contribution in [3.63, 3.8) is 0 Å². The van der Waals surface area contributed by atoms with Crippen LogP contribution in [0.25, 0.3) is 0 Å². The van der Waals surface area contributed by atoms with Crippen LogP contribution in [0.4, 0.5) is 10.1 Å². The molecule has 2 aromatic rings. The van der Waals surface area contributed by atoms with Gasteiger partial charge in [0.25, 0.3) is 5.91 Å². The van der Waals surface area contributed by atoms with E-state index < -0.39 is 30.9 Å². The van der Waals surface area contributed by atoms with E-state index >= 15 is 0 Å². The van der Waals surface area contributed by atoms with Gasteiger partial charge in [-0.25, -0.2) is 9.18 Å². The number of carbonyl (C=O) groups is 2. The predicted octanol–water partition coefficient (Wildman–Crippen LogP) is 2.26. The van der Waals surface area contributed by atoms with Gasteiger partial charge in [0.2, 0.25) is 0 Å². The van der Waals surface area contributed by atoms with Crippen LogP contribution in [0.15, 0.2) is 48.5 Å². The first kappa shape index (κ1) is 17.0. The van der Waals surface area contributed by atoms with Crippen LogP contribution < -0.4 is 10.1 Å². The zero-order valence-electron chi connectivity index (χ0n) is 12.5. The molecular formula is C17H13FN2O4. The first-order valence-electron chi connectivity index (χ1n) is 6.92. The fourth-order valence-electron chi connectivity index (χ4n) is 1.76. The number of carbonyl (C=O) groups excluding carboxylic acids is 2. The highest BCUT2D eigenvalue weighted by molar-refractivity contribution is 5.94. The second-order valence-electron chi connectivity index (χ2n) is 4.59. The van der Waals surface area contributed by atoms with Gasteiger partial charge in [0.15, 0.2) is 24.8 Å². The third kappa shape index (κ3) is 4.81. The molecule has 0 aliphatic carbocycles. The molecule has 6 nitrogen and oxygen atoms in total. The number of benzene rings is 2. The standard InChI is InChI=1S/C17H13FN2O4/c18-13-6-2-4-8-15(13)23-11-17(22)24-10-16(21)20-14-7-3-1-5-12(14)9-19/h1-8H,10-11H2,(H,20,21). The lowest BCUT2D eigenvalue weighted by atomic mass is 10.2. The number of hydrogen-bond donors (Lipinski definition) is 1. The molecule has 1 amide bonds. The van der Waals surface area contributed by atoms with Crippen molar-refractivity contribution in [3.8, 4) is 11.8 Å². The molecule has 2 aromatic carbocycles. The number of halogens is 1. The summed E-state index contributed by atoms with van der Waals surface area (Å²) in [4.78, 5) is 23.2. The first-order chi connectivity index (χ1) is 11.6. The highest BCUT2D eigenvalue weighted by atomic mass is 19.1. The van der Waals surface area contributed by atoms with E-state index in [1.165, 1.54) is 18.2 Å². The molecule has 0 aliphatic rings. The van der Waals surface area contributed by atoms with Crippen molar-refractivity contribution < 1.29 is 23.5 Å². The SMILES string of the molecule is N#Cc1ccccc1NC(=O)COC(=O)COc1ccccc1F. The van der Waals surface area contributed by atoms with Gasteiger partial charge in [-0.15, -0.1) is 0 Å². The van der Waals surface area contributed by atoms with Gasteiger partial charge in [-0.05, 0) is 24.3 Å². The topological polar surface area (TPSA) is 88.4 Å². The van der Waals surface area contributed by atoms with Crippen LogP contribution in [0.5, 0.6) is 5.75 Å². The zero-order chi connectivity index (χ0) is 17.4. The smallest absolute Gasteiger partial charge is 0.344 e. The number of nitriles is 1. The van der Waals surface area contributed by atoms with Crippen LogP contribution in [0.2, 0.25) is 0 Å². The van der Waals surface area contributed by atoms with Crippen molar-refractivity contribution in [2.45, 2.75) is 0 Å². The van der Waals surface area contributed by atoms with Crippen molar-refractivity contribution >= 4 is 17.6 Å². The lowest BCUT2D eigenvalue weighted by Gasteiger charge is -2.09. The lowest BCUT2D eigenvalue weighted by molar-refractivity contribution is -0.149. The Labute approximate surface area is 137 Å². The molecule has 0 spiro atoms. The number of esters is 1. The molecule has 24 heavy (non-hydrogen) atoms. The monoisotopic (exact) mass is 328 g/mol. The largest absolute Gasteiger partial charge is 0.479 e. The fourth-order valence-corrected chi connectivity index (χ4v) is 1.76. The second-order valence-corrected chi connectivity index (χ2v) is 4.59. The van der Waals surface area contributed by atoms with Crippen LogP contribution in [-0.2, 0) is 14.3 Å². The molecule has 0 bridgehead atoms. The Balaban J connectivity index is 1.78. The highest BCUT2D eigenvalue weighted by Crippen LogP contribution is 2.15. The lowest BCUT2D eigenvalue weighted by Crippen LogP contribution is -2.24. The number of nitrogens with zero attached hydrogens (tertiary/aromatic N) is 1. The van der Waals surface area contributed by atoms with E-state index in [1.807, 2.05) is 6.07 Å². The normalized spacial score (nSPS) is 9.67. The fraction of sp³-hybridized carbons (Fsp3) is 0.118. The summed E-state index contributed by atoms with van der Waals surface area (Å²) in [6.07, 6.45) is 0. The Morgan fingerprint density at radius 1 is 1.08 bits per heavy atom. The molecule has 0 saturated heterocycles. The van der Waals surface area contributed by atoms with Crippen LogP contribution >= 0.6 is 0 Å². The third-order valence-electron chi connectivity index (χ3n) is 2.87. The van der Waals surface area contributed by atoms with Gasteiger partial charge in [0, 0.05) is 0 Å². The summed E-state index contributed by atoms with van der Waals surface area (Å²) < 4.78 is 23.0. The van der Waals surface area contributed by atoms with Gasteiger partial charge < -0.3 is 14.8 Å². The molecular weight excluding hydrogens is 315 g/mol. The van der Waals surface area contributed by atoms with Crippen LogP contribution in [0.3, 0.4) is 0 Å². The van der Waals surface area contributed by atoms with Crippen LogP contribution in [0, 0.1) is 17.1 Å². The third-order valence-corrected chi connectivity index (χ3v) is 2.87. The van der Waals surface area contributed by atoms with Crippen molar-refractivity contribution in [2.24, 2.45) is 0 Å². The van der Waals surface area contributed by atoms with E-state index in [1.54, 1.807) is 30.3 Å². The molecule has 0 saturated carbocycles. The summed E-state index contributed by atoms with van der Waals surface area (Å²) >= 11 is 0. The number of nitrogens with one attached hydrogen (secondary N) is 1. The summed E-state index contributed by atoms with van der Waals surface area (Å²) in [5, 5.41) is 11.4. The van der Waals surface area contributed by atoms with Gasteiger partial charge in [0.05, 0.1) is 11.3 Å². The van der Waals surface area contributed by atoms with E-state index in [-0.39, 0.29) is 5.75 Å². The number of rotatable bonds is 6. The molecule has 122 valence electrons. The molecule has 0 aromatic heterocycles. The summed E-state index contributed by atoms with van der Waals surface area (Å²) in [6.45, 7) is -1.07. The number of hydrogen-bond acceptors (Lipinski definition) is 5. The molecule has 0 heterocycles. The van der Waals surface area contributed by atoms with E-state index in [2.05, 4.69) is 5.32 Å². The second kappa shape index (κ2) is 8.29. The van der Waals surface area contributed by atoms with Crippen LogP contribution in [-0.4, -0.2) is 25.1 Å². The molecule has 0 radical (unpaired) electrons. The molecule has 2 rings (SSSR count). The molecule has 1 N–H and O–H groups in total. The van der Waals surface area contributed by atoms with Gasteiger partial charge in [-0.2, -0.15) is 5.26 Å². The minimum atomic E-state index is -0.818. The number of anilines is 1. The molecule has 0 fully saturated rings. The van der Waals surface area contributed by atoms with E-state index in [9.17, 15) is 14.0 Å². The Kier molecular flexibility index (Phi) is 5.86. The highest BCUT2D eigenvalue weighted by Gasteiger charge is 2.11. The average molecular weight is 328 g/mol. The van der Waals surface area contributed by atoms with E-state index in [4.69, 9.17) is 14.7 Å².